The monoisotopic (exact) mass is 326 g/mol. The Morgan fingerprint density at radius 1 is 1.39 bits per heavy atom. The standard InChI is InChI=1S/C14H16BrClN2/c1-2-18-10-11(9-17-18)7-12(8-15)13-5-3-4-6-14(13)16/h3-6,9-10,12H,2,7-8H2,1H3. The third-order valence-electron chi connectivity index (χ3n) is 3.02. The summed E-state index contributed by atoms with van der Waals surface area (Å²) in [4.78, 5) is 0. The van der Waals surface area contributed by atoms with Crippen molar-refractivity contribution in [1.29, 1.82) is 0 Å². The van der Waals surface area contributed by atoms with Crippen LogP contribution in [0.5, 0.6) is 0 Å². The second-order valence-electron chi connectivity index (χ2n) is 4.28. The van der Waals surface area contributed by atoms with Gasteiger partial charge in [0.2, 0.25) is 0 Å². The summed E-state index contributed by atoms with van der Waals surface area (Å²) in [7, 11) is 0. The normalized spacial score (nSPS) is 12.6. The second-order valence-corrected chi connectivity index (χ2v) is 5.34. The number of rotatable bonds is 5. The summed E-state index contributed by atoms with van der Waals surface area (Å²) in [6.45, 7) is 3.00. The number of hydrogen-bond acceptors (Lipinski definition) is 1. The van der Waals surface area contributed by atoms with Gasteiger partial charge in [0.1, 0.15) is 0 Å². The molecule has 18 heavy (non-hydrogen) atoms. The topological polar surface area (TPSA) is 17.8 Å². The van der Waals surface area contributed by atoms with Gasteiger partial charge in [-0.3, -0.25) is 4.68 Å². The number of halogens is 2. The molecule has 0 aliphatic rings. The van der Waals surface area contributed by atoms with Gasteiger partial charge in [-0.2, -0.15) is 5.10 Å². The zero-order chi connectivity index (χ0) is 13.0. The Labute approximate surface area is 121 Å². The minimum Gasteiger partial charge on any atom is -0.273 e. The Balaban J connectivity index is 2.17. The SMILES string of the molecule is CCn1cc(CC(CBr)c2ccccc2Cl)cn1. The number of aromatic nitrogens is 2. The van der Waals surface area contributed by atoms with E-state index in [9.17, 15) is 0 Å². The Morgan fingerprint density at radius 3 is 2.78 bits per heavy atom. The first-order chi connectivity index (χ1) is 8.74. The van der Waals surface area contributed by atoms with Crippen LogP contribution in [0.3, 0.4) is 0 Å². The molecule has 2 nitrogen and oxygen atoms in total. The number of benzene rings is 1. The Morgan fingerprint density at radius 2 is 2.17 bits per heavy atom. The van der Waals surface area contributed by atoms with Gasteiger partial charge < -0.3 is 0 Å². The van der Waals surface area contributed by atoms with Crippen LogP contribution in [0, 0.1) is 0 Å². The molecule has 1 unspecified atom stereocenters. The lowest BCUT2D eigenvalue weighted by molar-refractivity contribution is 0.658. The van der Waals surface area contributed by atoms with E-state index in [2.05, 4.69) is 40.2 Å². The van der Waals surface area contributed by atoms with Gasteiger partial charge in [-0.15, -0.1) is 0 Å². The highest BCUT2D eigenvalue weighted by molar-refractivity contribution is 9.09. The molecule has 96 valence electrons. The molecular weight excluding hydrogens is 312 g/mol. The molecule has 0 spiro atoms. The maximum Gasteiger partial charge on any atom is 0.0521 e. The van der Waals surface area contributed by atoms with Crippen molar-refractivity contribution < 1.29 is 0 Å². The van der Waals surface area contributed by atoms with E-state index in [0.29, 0.717) is 5.92 Å². The van der Waals surface area contributed by atoms with Crippen LogP contribution in [0.2, 0.25) is 5.02 Å². The summed E-state index contributed by atoms with van der Waals surface area (Å²) >= 11 is 9.84. The van der Waals surface area contributed by atoms with E-state index in [1.807, 2.05) is 29.1 Å². The van der Waals surface area contributed by atoms with Crippen molar-refractivity contribution >= 4 is 27.5 Å². The van der Waals surface area contributed by atoms with Crippen molar-refractivity contribution in [2.45, 2.75) is 25.8 Å². The molecule has 0 saturated heterocycles. The van der Waals surface area contributed by atoms with Crippen LogP contribution in [-0.4, -0.2) is 15.1 Å². The van der Waals surface area contributed by atoms with E-state index in [-0.39, 0.29) is 0 Å². The van der Waals surface area contributed by atoms with Gasteiger partial charge in [0, 0.05) is 23.1 Å². The van der Waals surface area contributed by atoms with Crippen LogP contribution in [-0.2, 0) is 13.0 Å². The predicted octanol–water partition coefficient (Wildman–Crippen LogP) is 4.28. The summed E-state index contributed by atoms with van der Waals surface area (Å²) in [5.74, 6) is 0.383. The molecule has 0 N–H and O–H groups in total. The molecule has 0 radical (unpaired) electrons. The van der Waals surface area contributed by atoms with Gasteiger partial charge in [0.15, 0.2) is 0 Å². The van der Waals surface area contributed by atoms with Crippen molar-refractivity contribution in [2.75, 3.05) is 5.33 Å². The minimum absolute atomic E-state index is 0.383. The quantitative estimate of drug-likeness (QED) is 0.750. The van der Waals surface area contributed by atoms with Gasteiger partial charge >= 0.3 is 0 Å². The van der Waals surface area contributed by atoms with E-state index in [4.69, 9.17) is 11.6 Å². The van der Waals surface area contributed by atoms with Crippen molar-refractivity contribution in [3.63, 3.8) is 0 Å². The highest BCUT2D eigenvalue weighted by atomic mass is 79.9. The van der Waals surface area contributed by atoms with Gasteiger partial charge in [-0.05, 0) is 36.5 Å². The molecule has 0 amide bonds. The average Bonchev–Trinajstić information content (AvgIpc) is 2.85. The van der Waals surface area contributed by atoms with Crippen LogP contribution in [0.4, 0.5) is 0 Å². The van der Waals surface area contributed by atoms with Crippen LogP contribution < -0.4 is 0 Å². The molecule has 0 bridgehead atoms. The zero-order valence-corrected chi connectivity index (χ0v) is 12.7. The van der Waals surface area contributed by atoms with Crippen molar-refractivity contribution in [1.82, 2.24) is 9.78 Å². The molecular formula is C14H16BrClN2. The van der Waals surface area contributed by atoms with Gasteiger partial charge in [-0.25, -0.2) is 0 Å². The smallest absolute Gasteiger partial charge is 0.0521 e. The third kappa shape index (κ3) is 3.15. The molecule has 4 heteroatoms. The molecule has 1 aromatic heterocycles. The van der Waals surface area contributed by atoms with Crippen molar-refractivity contribution in [2.24, 2.45) is 0 Å². The first kappa shape index (κ1) is 13.6. The minimum atomic E-state index is 0.383. The highest BCUT2D eigenvalue weighted by Crippen LogP contribution is 2.28. The predicted molar refractivity (Wildman–Crippen MR) is 79.6 cm³/mol. The number of nitrogens with zero attached hydrogens (tertiary/aromatic N) is 2. The Kier molecular flexibility index (Phi) is 4.84. The van der Waals surface area contributed by atoms with Gasteiger partial charge in [0.05, 0.1) is 6.20 Å². The molecule has 1 heterocycles. The Hall–Kier alpha value is -0.800. The second kappa shape index (κ2) is 6.39. The lowest BCUT2D eigenvalue weighted by atomic mass is 9.95. The first-order valence-corrected chi connectivity index (χ1v) is 7.56. The van der Waals surface area contributed by atoms with E-state index in [1.54, 1.807) is 0 Å². The maximum absolute atomic E-state index is 6.25. The summed E-state index contributed by atoms with van der Waals surface area (Å²) < 4.78 is 1.95. The molecule has 1 aromatic carbocycles. The molecule has 0 fully saturated rings. The average molecular weight is 328 g/mol. The van der Waals surface area contributed by atoms with E-state index in [1.165, 1.54) is 11.1 Å². The molecule has 0 aliphatic carbocycles. The zero-order valence-electron chi connectivity index (χ0n) is 10.3. The summed E-state index contributed by atoms with van der Waals surface area (Å²) in [5, 5.41) is 6.04. The number of hydrogen-bond donors (Lipinski definition) is 0. The van der Waals surface area contributed by atoms with E-state index < -0.39 is 0 Å². The maximum atomic E-state index is 6.25. The lowest BCUT2D eigenvalue weighted by Crippen LogP contribution is -2.04. The van der Waals surface area contributed by atoms with Crippen LogP contribution in [0.15, 0.2) is 36.7 Å². The molecule has 1 atom stereocenters. The lowest BCUT2D eigenvalue weighted by Gasteiger charge is -2.15. The van der Waals surface area contributed by atoms with Crippen LogP contribution >= 0.6 is 27.5 Å². The fourth-order valence-corrected chi connectivity index (χ4v) is 2.89. The third-order valence-corrected chi connectivity index (χ3v) is 4.15. The fourth-order valence-electron chi connectivity index (χ4n) is 2.02. The summed E-state index contributed by atoms with van der Waals surface area (Å²) in [6, 6.07) is 8.04. The van der Waals surface area contributed by atoms with Crippen molar-refractivity contribution in [3.05, 3.63) is 52.8 Å². The molecule has 2 rings (SSSR count). The number of alkyl halides is 1. The fraction of sp³-hybridized carbons (Fsp3) is 0.357. The van der Waals surface area contributed by atoms with Gasteiger partial charge in [0.25, 0.3) is 0 Å². The van der Waals surface area contributed by atoms with Crippen molar-refractivity contribution in [3.8, 4) is 0 Å². The first-order valence-electron chi connectivity index (χ1n) is 6.06. The summed E-state index contributed by atoms with van der Waals surface area (Å²) in [5.41, 5.74) is 2.45. The van der Waals surface area contributed by atoms with Crippen LogP contribution in [0.1, 0.15) is 24.0 Å². The van der Waals surface area contributed by atoms with Crippen LogP contribution in [0.25, 0.3) is 0 Å². The molecule has 0 saturated carbocycles. The summed E-state index contributed by atoms with van der Waals surface area (Å²) in [6.07, 6.45) is 5.00. The Bertz CT molecular complexity index is 510. The van der Waals surface area contributed by atoms with Gasteiger partial charge in [-0.1, -0.05) is 45.7 Å². The number of aryl methyl sites for hydroxylation is 1. The van der Waals surface area contributed by atoms with E-state index in [0.717, 1.165) is 23.3 Å². The largest absolute Gasteiger partial charge is 0.273 e. The van der Waals surface area contributed by atoms with E-state index >= 15 is 0 Å². The molecule has 2 aromatic rings. The molecule has 0 aliphatic heterocycles. The highest BCUT2D eigenvalue weighted by Gasteiger charge is 2.14.